The van der Waals surface area contributed by atoms with Gasteiger partial charge in [-0.2, -0.15) is 0 Å². The maximum atomic E-state index is 4.95. The summed E-state index contributed by atoms with van der Waals surface area (Å²) in [5, 5.41) is 4.72. The molecule has 4 nitrogen and oxygen atoms in total. The van der Waals surface area contributed by atoms with Gasteiger partial charge in [0.05, 0.1) is 5.69 Å². The van der Waals surface area contributed by atoms with E-state index < -0.39 is 0 Å². The van der Waals surface area contributed by atoms with Gasteiger partial charge in [0.2, 0.25) is 0 Å². The fraction of sp³-hybridized carbons (Fsp3) is 0.409. The van der Waals surface area contributed by atoms with E-state index in [0.717, 1.165) is 37.5 Å². The van der Waals surface area contributed by atoms with Crippen LogP contribution in [0.2, 0.25) is 0 Å². The maximum Gasteiger partial charge on any atom is 0.146 e. The van der Waals surface area contributed by atoms with Crippen LogP contribution in [0.15, 0.2) is 24.3 Å². The minimum atomic E-state index is 1.03. The van der Waals surface area contributed by atoms with Crippen molar-refractivity contribution in [1.82, 2.24) is 14.9 Å². The second kappa shape index (κ2) is 6.44. The molecule has 0 saturated carbocycles. The lowest BCUT2D eigenvalue weighted by Gasteiger charge is -2.31. The van der Waals surface area contributed by atoms with Crippen molar-refractivity contribution in [1.29, 1.82) is 0 Å². The Hall–Kier alpha value is -2.33. The van der Waals surface area contributed by atoms with Gasteiger partial charge in [0.1, 0.15) is 11.5 Å². The molecule has 4 rings (SSSR count). The van der Waals surface area contributed by atoms with Gasteiger partial charge in [-0.1, -0.05) is 17.7 Å². The van der Waals surface area contributed by atoms with Crippen LogP contribution >= 0.6 is 0 Å². The van der Waals surface area contributed by atoms with E-state index >= 15 is 0 Å². The molecule has 4 heteroatoms. The van der Waals surface area contributed by atoms with Gasteiger partial charge in [0.15, 0.2) is 0 Å². The quantitative estimate of drug-likeness (QED) is 0.760. The first-order valence-electron chi connectivity index (χ1n) is 9.50. The van der Waals surface area contributed by atoms with E-state index in [1.807, 2.05) is 0 Å². The van der Waals surface area contributed by atoms with Crippen molar-refractivity contribution in [3.05, 3.63) is 52.2 Å². The van der Waals surface area contributed by atoms with Gasteiger partial charge < -0.3 is 10.2 Å². The number of benzene rings is 1. The molecule has 3 aromatic rings. The lowest BCUT2D eigenvalue weighted by molar-refractivity contribution is 0.582. The van der Waals surface area contributed by atoms with E-state index in [9.17, 15) is 0 Å². The predicted molar refractivity (Wildman–Crippen MR) is 110 cm³/mol. The van der Waals surface area contributed by atoms with Gasteiger partial charge >= 0.3 is 0 Å². The average molecular weight is 348 g/mol. The Labute approximate surface area is 155 Å². The van der Waals surface area contributed by atoms with Crippen LogP contribution in [0.1, 0.15) is 27.9 Å². The van der Waals surface area contributed by atoms with E-state index in [-0.39, 0.29) is 0 Å². The largest absolute Gasteiger partial charge is 0.355 e. The van der Waals surface area contributed by atoms with Crippen LogP contribution < -0.4 is 10.2 Å². The molecule has 0 aliphatic carbocycles. The summed E-state index contributed by atoms with van der Waals surface area (Å²) >= 11 is 0. The van der Waals surface area contributed by atoms with Crippen molar-refractivity contribution in [2.45, 2.75) is 34.6 Å². The summed E-state index contributed by atoms with van der Waals surface area (Å²) in [4.78, 5) is 7.47. The number of nitrogens with zero attached hydrogens (tertiary/aromatic N) is 3. The van der Waals surface area contributed by atoms with Crippen LogP contribution in [0.3, 0.4) is 0 Å². The molecule has 0 amide bonds. The van der Waals surface area contributed by atoms with Crippen molar-refractivity contribution in [3.63, 3.8) is 0 Å². The Morgan fingerprint density at radius 3 is 2.23 bits per heavy atom. The molecule has 0 bridgehead atoms. The van der Waals surface area contributed by atoms with E-state index in [2.05, 4.69) is 73.7 Å². The molecule has 2 aromatic heterocycles. The zero-order valence-corrected chi connectivity index (χ0v) is 16.5. The number of hydrogen-bond acceptors (Lipinski definition) is 3. The number of fused-ring (bicyclic) bond motifs is 1. The second-order valence-electron chi connectivity index (χ2n) is 7.59. The van der Waals surface area contributed by atoms with Crippen LogP contribution in [-0.4, -0.2) is 35.7 Å². The van der Waals surface area contributed by atoms with Crippen molar-refractivity contribution < 1.29 is 0 Å². The number of hydrogen-bond donors (Lipinski definition) is 1. The lowest BCUT2D eigenvalue weighted by atomic mass is 10.0. The van der Waals surface area contributed by atoms with Crippen LogP contribution in [0, 0.1) is 34.6 Å². The van der Waals surface area contributed by atoms with Crippen molar-refractivity contribution in [2.24, 2.45) is 0 Å². The smallest absolute Gasteiger partial charge is 0.146 e. The highest BCUT2D eigenvalue weighted by Gasteiger charge is 2.24. The van der Waals surface area contributed by atoms with E-state index in [4.69, 9.17) is 4.98 Å². The minimum absolute atomic E-state index is 1.03. The fourth-order valence-corrected chi connectivity index (χ4v) is 4.39. The molecule has 1 aliphatic heterocycles. The molecule has 0 atom stereocenters. The molecular weight excluding hydrogens is 320 g/mol. The maximum absolute atomic E-state index is 4.95. The van der Waals surface area contributed by atoms with Crippen molar-refractivity contribution in [2.75, 3.05) is 31.1 Å². The topological polar surface area (TPSA) is 33.1 Å². The highest BCUT2D eigenvalue weighted by Crippen LogP contribution is 2.37. The van der Waals surface area contributed by atoms with E-state index in [1.165, 1.54) is 39.1 Å². The Morgan fingerprint density at radius 1 is 0.923 bits per heavy atom. The SMILES string of the molecule is Cc1cc(C)c(-n2c(N3CCNCC3)c(C)c3ccc(C)nc32)c(C)c1. The summed E-state index contributed by atoms with van der Waals surface area (Å²) in [6.45, 7) is 15.0. The third-order valence-electron chi connectivity index (χ3n) is 5.45. The Morgan fingerprint density at radius 2 is 1.58 bits per heavy atom. The molecule has 0 spiro atoms. The first-order valence-corrected chi connectivity index (χ1v) is 9.50. The molecule has 0 unspecified atom stereocenters. The predicted octanol–water partition coefficient (Wildman–Crippen LogP) is 3.98. The summed E-state index contributed by atoms with van der Waals surface area (Å²) in [6.07, 6.45) is 0. The monoisotopic (exact) mass is 348 g/mol. The number of piperazine rings is 1. The van der Waals surface area contributed by atoms with Crippen LogP contribution in [-0.2, 0) is 0 Å². The molecule has 3 heterocycles. The molecule has 1 aliphatic rings. The van der Waals surface area contributed by atoms with Gasteiger partial charge in [-0.15, -0.1) is 0 Å². The third-order valence-corrected chi connectivity index (χ3v) is 5.45. The molecule has 1 N–H and O–H groups in total. The Bertz CT molecular complexity index is 954. The number of anilines is 1. The number of nitrogens with one attached hydrogen (secondary N) is 1. The molecule has 1 saturated heterocycles. The average Bonchev–Trinajstić information content (AvgIpc) is 2.87. The molecule has 0 radical (unpaired) electrons. The van der Waals surface area contributed by atoms with Crippen molar-refractivity contribution in [3.8, 4) is 5.69 Å². The summed E-state index contributed by atoms with van der Waals surface area (Å²) < 4.78 is 2.41. The molecule has 1 fully saturated rings. The second-order valence-corrected chi connectivity index (χ2v) is 7.59. The van der Waals surface area contributed by atoms with E-state index in [1.54, 1.807) is 0 Å². The van der Waals surface area contributed by atoms with Gasteiger partial charge in [0.25, 0.3) is 0 Å². The number of aryl methyl sites for hydroxylation is 5. The summed E-state index contributed by atoms with van der Waals surface area (Å²) in [5.41, 5.74) is 8.66. The first-order chi connectivity index (χ1) is 12.5. The highest BCUT2D eigenvalue weighted by atomic mass is 15.3. The molecular formula is C22H28N4. The van der Waals surface area contributed by atoms with Gasteiger partial charge in [-0.25, -0.2) is 4.98 Å². The summed E-state index contributed by atoms with van der Waals surface area (Å²) in [5.74, 6) is 1.30. The Balaban J connectivity index is 2.08. The zero-order valence-electron chi connectivity index (χ0n) is 16.5. The van der Waals surface area contributed by atoms with Gasteiger partial charge in [0, 0.05) is 42.8 Å². The number of aromatic nitrogens is 2. The first kappa shape index (κ1) is 17.1. The number of rotatable bonds is 2. The molecule has 136 valence electrons. The standard InChI is InChI=1S/C22H28N4/c1-14-12-15(2)20(16(3)13-14)26-21-19(7-6-17(4)24-21)18(5)22(26)25-10-8-23-9-11-25/h6-7,12-13,23H,8-11H2,1-5H3. The summed E-state index contributed by atoms with van der Waals surface area (Å²) in [6, 6.07) is 8.91. The summed E-state index contributed by atoms with van der Waals surface area (Å²) in [7, 11) is 0. The molecule has 26 heavy (non-hydrogen) atoms. The van der Waals surface area contributed by atoms with Crippen molar-refractivity contribution >= 4 is 16.9 Å². The van der Waals surface area contributed by atoms with Crippen LogP contribution in [0.5, 0.6) is 0 Å². The van der Waals surface area contributed by atoms with E-state index in [0.29, 0.717) is 0 Å². The lowest BCUT2D eigenvalue weighted by Crippen LogP contribution is -2.44. The third kappa shape index (κ3) is 2.69. The highest BCUT2D eigenvalue weighted by molar-refractivity contribution is 5.90. The van der Waals surface area contributed by atoms with Crippen LogP contribution in [0.25, 0.3) is 16.7 Å². The minimum Gasteiger partial charge on any atom is -0.355 e. The fourth-order valence-electron chi connectivity index (χ4n) is 4.39. The number of pyridine rings is 1. The Kier molecular flexibility index (Phi) is 4.23. The molecule has 1 aromatic carbocycles. The normalized spacial score (nSPS) is 15.0. The van der Waals surface area contributed by atoms with Crippen LogP contribution in [0.4, 0.5) is 5.82 Å². The van der Waals surface area contributed by atoms with Gasteiger partial charge in [-0.3, -0.25) is 4.57 Å². The zero-order chi connectivity index (χ0) is 18.4. The van der Waals surface area contributed by atoms with Gasteiger partial charge in [-0.05, 0) is 57.9 Å².